The zero-order valence-electron chi connectivity index (χ0n) is 22.8. The van der Waals surface area contributed by atoms with Gasteiger partial charge in [0.2, 0.25) is 28.6 Å². The SMILES string of the molecule is Cc1ccc(S(=O)(=O)N2CCC3(CC2)C(=O)N(CC(=O)NCc2ccc4c(c2)OCO4)CN3c2ccccc2)cc1. The van der Waals surface area contributed by atoms with Gasteiger partial charge in [0.1, 0.15) is 12.1 Å². The van der Waals surface area contributed by atoms with Crippen LogP contribution >= 0.6 is 0 Å². The lowest BCUT2D eigenvalue weighted by Gasteiger charge is -2.42. The molecule has 0 saturated carbocycles. The lowest BCUT2D eigenvalue weighted by atomic mass is 9.86. The lowest BCUT2D eigenvalue weighted by molar-refractivity contribution is -0.137. The summed E-state index contributed by atoms with van der Waals surface area (Å²) in [5.74, 6) is 0.877. The van der Waals surface area contributed by atoms with E-state index in [1.54, 1.807) is 35.2 Å². The maximum atomic E-state index is 14.0. The molecule has 41 heavy (non-hydrogen) atoms. The van der Waals surface area contributed by atoms with Crippen LogP contribution in [0.3, 0.4) is 0 Å². The van der Waals surface area contributed by atoms with Crippen LogP contribution in [0.1, 0.15) is 24.0 Å². The van der Waals surface area contributed by atoms with Gasteiger partial charge in [-0.05, 0) is 61.7 Å². The second kappa shape index (κ2) is 10.7. The number of benzene rings is 3. The highest BCUT2D eigenvalue weighted by molar-refractivity contribution is 7.89. The summed E-state index contributed by atoms with van der Waals surface area (Å²) in [7, 11) is -3.69. The van der Waals surface area contributed by atoms with Gasteiger partial charge in [0.25, 0.3) is 0 Å². The maximum Gasteiger partial charge on any atom is 0.250 e. The zero-order valence-corrected chi connectivity index (χ0v) is 23.6. The minimum atomic E-state index is -3.69. The minimum Gasteiger partial charge on any atom is -0.454 e. The third kappa shape index (κ3) is 5.11. The van der Waals surface area contributed by atoms with E-state index in [2.05, 4.69) is 5.32 Å². The molecule has 3 aromatic rings. The smallest absolute Gasteiger partial charge is 0.250 e. The number of carbonyl (C=O) groups is 2. The fourth-order valence-electron chi connectivity index (χ4n) is 5.76. The van der Waals surface area contributed by atoms with Crippen LogP contribution in [0.5, 0.6) is 11.5 Å². The van der Waals surface area contributed by atoms with Gasteiger partial charge in [-0.3, -0.25) is 9.59 Å². The number of aryl methyl sites for hydroxylation is 1. The molecule has 1 N–H and O–H groups in total. The highest BCUT2D eigenvalue weighted by atomic mass is 32.2. The average Bonchev–Trinajstić information content (AvgIpc) is 3.56. The topological polar surface area (TPSA) is 108 Å². The summed E-state index contributed by atoms with van der Waals surface area (Å²) in [4.78, 5) is 30.8. The van der Waals surface area contributed by atoms with Gasteiger partial charge >= 0.3 is 0 Å². The first-order valence-corrected chi connectivity index (χ1v) is 15.0. The van der Waals surface area contributed by atoms with E-state index in [-0.39, 0.29) is 56.4 Å². The number of rotatable bonds is 7. The van der Waals surface area contributed by atoms with Crippen molar-refractivity contribution in [1.82, 2.24) is 14.5 Å². The third-order valence-corrected chi connectivity index (χ3v) is 9.96. The van der Waals surface area contributed by atoms with Gasteiger partial charge < -0.3 is 24.6 Å². The number of ether oxygens (including phenoxy) is 2. The van der Waals surface area contributed by atoms with Crippen LogP contribution in [0, 0.1) is 6.92 Å². The maximum absolute atomic E-state index is 14.0. The van der Waals surface area contributed by atoms with E-state index in [0.29, 0.717) is 24.3 Å². The van der Waals surface area contributed by atoms with Crippen LogP contribution in [0.2, 0.25) is 0 Å². The van der Waals surface area contributed by atoms with Crippen LogP contribution in [0.4, 0.5) is 5.69 Å². The number of nitrogens with one attached hydrogen (secondary N) is 1. The molecule has 0 atom stereocenters. The fourth-order valence-corrected chi connectivity index (χ4v) is 7.20. The lowest BCUT2D eigenvalue weighted by Crippen LogP contribution is -2.57. The summed E-state index contributed by atoms with van der Waals surface area (Å²) in [6, 6.07) is 21.9. The molecule has 3 aromatic carbocycles. The first kappa shape index (κ1) is 27.1. The Labute approximate surface area is 239 Å². The Morgan fingerprint density at radius 1 is 0.951 bits per heavy atom. The minimum absolute atomic E-state index is 0.0974. The molecule has 11 heteroatoms. The molecule has 0 unspecified atom stereocenters. The second-order valence-corrected chi connectivity index (χ2v) is 12.6. The summed E-state index contributed by atoms with van der Waals surface area (Å²) in [5.41, 5.74) is 1.77. The van der Waals surface area contributed by atoms with Crippen LogP contribution in [-0.2, 0) is 26.2 Å². The number of fused-ring (bicyclic) bond motifs is 1. The van der Waals surface area contributed by atoms with E-state index in [1.165, 1.54) is 4.31 Å². The number of para-hydroxylation sites is 1. The second-order valence-electron chi connectivity index (χ2n) is 10.6. The van der Waals surface area contributed by atoms with E-state index < -0.39 is 15.6 Å². The largest absolute Gasteiger partial charge is 0.454 e. The number of piperidine rings is 1. The number of nitrogens with zero attached hydrogens (tertiary/aromatic N) is 3. The molecular formula is C30H32N4O6S. The summed E-state index contributed by atoms with van der Waals surface area (Å²) < 4.78 is 38.9. The molecule has 6 rings (SSSR count). The van der Waals surface area contributed by atoms with E-state index in [0.717, 1.165) is 16.8 Å². The normalized spacial score (nSPS) is 18.2. The van der Waals surface area contributed by atoms with Gasteiger partial charge in [0.05, 0.1) is 11.6 Å². The predicted octanol–water partition coefficient (Wildman–Crippen LogP) is 2.87. The highest BCUT2D eigenvalue weighted by Crippen LogP contribution is 2.40. The zero-order chi connectivity index (χ0) is 28.6. The Balaban J connectivity index is 1.16. The molecule has 3 aliphatic rings. The molecule has 0 bridgehead atoms. The van der Waals surface area contributed by atoms with Crippen LogP contribution in [0.25, 0.3) is 0 Å². The fraction of sp³-hybridized carbons (Fsp3) is 0.333. The quantitative estimate of drug-likeness (QED) is 0.461. The van der Waals surface area contributed by atoms with Crippen molar-refractivity contribution >= 4 is 27.5 Å². The molecule has 2 amide bonds. The Bertz CT molecular complexity index is 1550. The Hall–Kier alpha value is -4.09. The molecule has 1 spiro atoms. The first-order valence-electron chi connectivity index (χ1n) is 13.6. The van der Waals surface area contributed by atoms with Crippen molar-refractivity contribution in [3.8, 4) is 11.5 Å². The standard InChI is InChI=1S/C30H32N4O6S/c1-22-7-10-25(11-8-22)41(37,38)33-15-13-30(14-16-33)29(36)32(20-34(30)24-5-3-2-4-6-24)19-28(35)31-18-23-9-12-26-27(17-23)40-21-39-26/h2-12,17H,13-16,18-21H2,1H3,(H,31,35). The van der Waals surface area contributed by atoms with Crippen molar-refractivity contribution in [3.63, 3.8) is 0 Å². The molecule has 10 nitrogen and oxygen atoms in total. The average molecular weight is 577 g/mol. The molecule has 2 fully saturated rings. The van der Waals surface area contributed by atoms with Crippen molar-refractivity contribution in [2.75, 3.05) is 38.0 Å². The number of amides is 2. The van der Waals surface area contributed by atoms with E-state index in [1.807, 2.05) is 54.3 Å². The van der Waals surface area contributed by atoms with Gasteiger partial charge in [-0.15, -0.1) is 0 Å². The summed E-state index contributed by atoms with van der Waals surface area (Å²) >= 11 is 0. The van der Waals surface area contributed by atoms with Crippen molar-refractivity contribution < 1.29 is 27.5 Å². The van der Waals surface area contributed by atoms with Crippen molar-refractivity contribution in [2.45, 2.75) is 36.7 Å². The van der Waals surface area contributed by atoms with Gasteiger partial charge in [0, 0.05) is 25.3 Å². The van der Waals surface area contributed by atoms with Crippen LogP contribution in [-0.4, -0.2) is 68.1 Å². The Kier molecular flexibility index (Phi) is 7.08. The van der Waals surface area contributed by atoms with E-state index >= 15 is 0 Å². The monoisotopic (exact) mass is 576 g/mol. The predicted molar refractivity (Wildman–Crippen MR) is 152 cm³/mol. The first-order chi connectivity index (χ1) is 19.8. The molecule has 0 aromatic heterocycles. The Morgan fingerprint density at radius 2 is 1.66 bits per heavy atom. The summed E-state index contributed by atoms with van der Waals surface area (Å²) in [6.07, 6.45) is 0.641. The van der Waals surface area contributed by atoms with Gasteiger partial charge in [0.15, 0.2) is 11.5 Å². The van der Waals surface area contributed by atoms with Crippen LogP contribution < -0.4 is 19.7 Å². The van der Waals surface area contributed by atoms with Crippen molar-refractivity contribution in [2.24, 2.45) is 0 Å². The number of sulfonamides is 1. The van der Waals surface area contributed by atoms with E-state index in [4.69, 9.17) is 9.47 Å². The van der Waals surface area contributed by atoms with Gasteiger partial charge in [-0.2, -0.15) is 4.31 Å². The molecule has 0 aliphatic carbocycles. The molecular weight excluding hydrogens is 544 g/mol. The molecule has 3 aliphatic heterocycles. The van der Waals surface area contributed by atoms with Gasteiger partial charge in [-0.1, -0.05) is 42.0 Å². The molecule has 2 saturated heterocycles. The van der Waals surface area contributed by atoms with Crippen LogP contribution in [0.15, 0.2) is 77.7 Å². The Morgan fingerprint density at radius 3 is 2.39 bits per heavy atom. The van der Waals surface area contributed by atoms with Crippen molar-refractivity contribution in [3.05, 3.63) is 83.9 Å². The van der Waals surface area contributed by atoms with E-state index in [9.17, 15) is 18.0 Å². The third-order valence-electron chi connectivity index (χ3n) is 8.05. The van der Waals surface area contributed by atoms with Crippen molar-refractivity contribution in [1.29, 1.82) is 0 Å². The highest BCUT2D eigenvalue weighted by Gasteiger charge is 2.55. The number of anilines is 1. The number of hydrogen-bond acceptors (Lipinski definition) is 7. The molecule has 214 valence electrons. The number of hydrogen-bond donors (Lipinski definition) is 1. The summed E-state index contributed by atoms with van der Waals surface area (Å²) in [5, 5.41) is 2.90. The number of carbonyl (C=O) groups excluding carboxylic acids is 2. The summed E-state index contributed by atoms with van der Waals surface area (Å²) in [6.45, 7) is 2.93. The van der Waals surface area contributed by atoms with Gasteiger partial charge in [-0.25, -0.2) is 8.42 Å². The molecule has 3 heterocycles. The molecule has 0 radical (unpaired) electrons.